The number of esters is 1. The molecule has 12 heteroatoms. The number of amides is 1. The molecule has 1 amide bonds. The van der Waals surface area contributed by atoms with Crippen molar-refractivity contribution in [3.63, 3.8) is 0 Å². The van der Waals surface area contributed by atoms with Crippen molar-refractivity contribution in [2.75, 3.05) is 11.9 Å². The Bertz CT molecular complexity index is 963. The van der Waals surface area contributed by atoms with Gasteiger partial charge in [-0.2, -0.15) is 9.82 Å². The predicted molar refractivity (Wildman–Crippen MR) is 94.0 cm³/mol. The summed E-state index contributed by atoms with van der Waals surface area (Å²) >= 11 is 5.80. The molecule has 1 aromatic heterocycles. The Balaban J connectivity index is 1.88. The van der Waals surface area contributed by atoms with Crippen molar-refractivity contribution in [3.8, 4) is 0 Å². The van der Waals surface area contributed by atoms with E-state index in [2.05, 4.69) is 10.4 Å². The number of ether oxygens (including phenoxy) is 1. The van der Waals surface area contributed by atoms with Gasteiger partial charge in [0.1, 0.15) is 17.3 Å². The lowest BCUT2D eigenvalue weighted by molar-refractivity contribution is -0.151. The number of halogens is 2. The molecule has 0 saturated carbocycles. The summed E-state index contributed by atoms with van der Waals surface area (Å²) in [5.41, 5.74) is 0.142. The van der Waals surface area contributed by atoms with Gasteiger partial charge in [0.2, 0.25) is 10.0 Å². The zero-order valence-corrected chi connectivity index (χ0v) is 15.8. The number of carbonyl (C=O) groups excluding carboxylic acids is 2. The summed E-state index contributed by atoms with van der Waals surface area (Å²) in [6.45, 7) is 0.617. The first-order chi connectivity index (χ1) is 12.6. The summed E-state index contributed by atoms with van der Waals surface area (Å²) in [7, 11) is -2.39. The van der Waals surface area contributed by atoms with Crippen LogP contribution < -0.4 is 10.0 Å². The minimum atomic E-state index is -3.94. The number of anilines is 1. The lowest BCUT2D eigenvalue weighted by Gasteiger charge is -2.14. The Kier molecular flexibility index (Phi) is 6.52. The number of benzene rings is 1. The topological polar surface area (TPSA) is 119 Å². The summed E-state index contributed by atoms with van der Waals surface area (Å²) in [6, 6.07) is 3.37. The third kappa shape index (κ3) is 5.74. The van der Waals surface area contributed by atoms with Gasteiger partial charge in [-0.15, -0.1) is 0 Å². The molecule has 1 aromatic carbocycles. The van der Waals surface area contributed by atoms with Crippen molar-refractivity contribution in [3.05, 3.63) is 41.4 Å². The summed E-state index contributed by atoms with van der Waals surface area (Å²) in [5, 5.41) is 6.09. The van der Waals surface area contributed by atoms with Crippen molar-refractivity contribution in [1.29, 1.82) is 0 Å². The smallest absolute Gasteiger partial charge is 0.321 e. The molecule has 2 rings (SSSR count). The van der Waals surface area contributed by atoms with Gasteiger partial charge in [-0.3, -0.25) is 14.3 Å². The Morgan fingerprint density at radius 2 is 2.11 bits per heavy atom. The van der Waals surface area contributed by atoms with Crippen LogP contribution in [0.3, 0.4) is 0 Å². The highest BCUT2D eigenvalue weighted by molar-refractivity contribution is 7.89. The molecule has 0 fully saturated rings. The quantitative estimate of drug-likeness (QED) is 0.649. The summed E-state index contributed by atoms with van der Waals surface area (Å²) in [5.74, 6) is -2.25. The molecule has 9 nitrogen and oxygen atoms in total. The molecule has 0 spiro atoms. The van der Waals surface area contributed by atoms with Crippen molar-refractivity contribution in [1.82, 2.24) is 14.5 Å². The second-order valence-corrected chi connectivity index (χ2v) is 7.59. The zero-order valence-electron chi connectivity index (χ0n) is 14.3. The summed E-state index contributed by atoms with van der Waals surface area (Å²) < 4.78 is 45.2. The van der Waals surface area contributed by atoms with E-state index in [0.717, 1.165) is 18.3 Å². The predicted octanol–water partition coefficient (Wildman–Crippen LogP) is 1.06. The minimum Gasteiger partial charge on any atom is -0.452 e. The number of rotatable bonds is 7. The van der Waals surface area contributed by atoms with Gasteiger partial charge in [-0.05, 0) is 25.1 Å². The minimum absolute atomic E-state index is 0.0221. The number of aryl methyl sites for hydroxylation is 1. The first-order valence-corrected chi connectivity index (χ1v) is 9.38. The van der Waals surface area contributed by atoms with Crippen LogP contribution in [0, 0.1) is 5.82 Å². The average molecular weight is 419 g/mol. The van der Waals surface area contributed by atoms with E-state index in [4.69, 9.17) is 16.3 Å². The van der Waals surface area contributed by atoms with E-state index in [-0.39, 0.29) is 15.6 Å². The normalized spacial score (nSPS) is 12.4. The van der Waals surface area contributed by atoms with Crippen LogP contribution >= 0.6 is 11.6 Å². The fourth-order valence-corrected chi connectivity index (χ4v) is 3.06. The molecule has 1 unspecified atom stereocenters. The number of carbonyl (C=O) groups is 2. The van der Waals surface area contributed by atoms with Gasteiger partial charge in [0, 0.05) is 13.2 Å². The van der Waals surface area contributed by atoms with Crippen LogP contribution in [0.2, 0.25) is 5.02 Å². The van der Waals surface area contributed by atoms with Crippen LogP contribution in [-0.4, -0.2) is 42.7 Å². The molecule has 2 N–H and O–H groups in total. The monoisotopic (exact) mass is 418 g/mol. The van der Waals surface area contributed by atoms with Gasteiger partial charge < -0.3 is 10.1 Å². The molecular formula is C15H16ClFN4O5S. The molecule has 146 valence electrons. The van der Waals surface area contributed by atoms with Gasteiger partial charge in [0.05, 0.1) is 16.9 Å². The highest BCUT2D eigenvalue weighted by atomic mass is 35.5. The molecule has 0 radical (unpaired) electrons. The van der Waals surface area contributed by atoms with Crippen LogP contribution in [-0.2, 0) is 31.4 Å². The third-order valence-corrected chi connectivity index (χ3v) is 4.93. The lowest BCUT2D eigenvalue weighted by Crippen LogP contribution is -2.35. The molecule has 0 aliphatic rings. The number of nitrogens with zero attached hydrogens (tertiary/aromatic N) is 2. The lowest BCUT2D eigenvalue weighted by atomic mass is 10.3. The fourth-order valence-electron chi connectivity index (χ4n) is 1.89. The molecular weight excluding hydrogens is 403 g/mol. The Hall–Kier alpha value is -2.50. The molecule has 2 aromatic rings. The first kappa shape index (κ1) is 20.8. The molecule has 0 aliphatic carbocycles. The second-order valence-electron chi connectivity index (χ2n) is 5.42. The van der Waals surface area contributed by atoms with Crippen molar-refractivity contribution in [2.45, 2.75) is 17.9 Å². The molecule has 0 saturated heterocycles. The number of hydrogen-bond donors (Lipinski definition) is 2. The fraction of sp³-hybridized carbons (Fsp3) is 0.267. The Morgan fingerprint density at radius 1 is 1.41 bits per heavy atom. The maximum Gasteiger partial charge on any atom is 0.321 e. The van der Waals surface area contributed by atoms with Gasteiger partial charge in [-0.25, -0.2) is 12.8 Å². The third-order valence-electron chi connectivity index (χ3n) is 3.26. The van der Waals surface area contributed by atoms with E-state index in [1.54, 1.807) is 7.05 Å². The number of hydrogen-bond acceptors (Lipinski definition) is 6. The number of sulfonamides is 1. The van der Waals surface area contributed by atoms with Crippen LogP contribution in [0.15, 0.2) is 35.5 Å². The van der Waals surface area contributed by atoms with E-state index in [1.807, 2.05) is 4.72 Å². The van der Waals surface area contributed by atoms with Crippen LogP contribution in [0.1, 0.15) is 6.92 Å². The number of aromatic nitrogens is 2. The SMILES string of the molecule is CC(OC(=O)CNS(=O)(=O)c1cnn(C)c1)C(=O)Nc1ccc(F)cc1Cl. The van der Waals surface area contributed by atoms with E-state index < -0.39 is 40.4 Å². The Labute approximate surface area is 159 Å². The highest BCUT2D eigenvalue weighted by Crippen LogP contribution is 2.22. The van der Waals surface area contributed by atoms with Crippen LogP contribution in [0.5, 0.6) is 0 Å². The molecule has 1 atom stereocenters. The van der Waals surface area contributed by atoms with Crippen LogP contribution in [0.4, 0.5) is 10.1 Å². The summed E-state index contributed by atoms with van der Waals surface area (Å²) in [4.78, 5) is 23.7. The average Bonchev–Trinajstić information content (AvgIpc) is 3.03. The second kappa shape index (κ2) is 8.46. The van der Waals surface area contributed by atoms with Gasteiger partial charge in [-0.1, -0.05) is 11.6 Å². The van der Waals surface area contributed by atoms with Gasteiger partial charge in [0.25, 0.3) is 5.91 Å². The van der Waals surface area contributed by atoms with E-state index in [1.165, 1.54) is 23.9 Å². The first-order valence-electron chi connectivity index (χ1n) is 7.52. The molecule has 27 heavy (non-hydrogen) atoms. The van der Waals surface area contributed by atoms with E-state index in [0.29, 0.717) is 0 Å². The zero-order chi connectivity index (χ0) is 20.2. The highest BCUT2D eigenvalue weighted by Gasteiger charge is 2.22. The van der Waals surface area contributed by atoms with E-state index >= 15 is 0 Å². The number of nitrogens with one attached hydrogen (secondary N) is 2. The molecule has 0 bridgehead atoms. The van der Waals surface area contributed by atoms with Gasteiger partial charge >= 0.3 is 5.97 Å². The van der Waals surface area contributed by atoms with E-state index in [9.17, 15) is 22.4 Å². The standard InChI is InChI=1S/C15H16ClFN4O5S/c1-9(15(23)20-13-4-3-10(17)5-12(13)16)26-14(22)7-19-27(24,25)11-6-18-21(2)8-11/h3-6,8-9,19H,7H2,1-2H3,(H,20,23). The van der Waals surface area contributed by atoms with Crippen LogP contribution in [0.25, 0.3) is 0 Å². The maximum atomic E-state index is 13.0. The van der Waals surface area contributed by atoms with Crippen molar-refractivity contribution in [2.24, 2.45) is 7.05 Å². The molecule has 1 heterocycles. The van der Waals surface area contributed by atoms with Crippen molar-refractivity contribution < 1.29 is 27.1 Å². The maximum absolute atomic E-state index is 13.0. The summed E-state index contributed by atoms with van der Waals surface area (Å²) in [6.07, 6.45) is 1.15. The van der Waals surface area contributed by atoms with Gasteiger partial charge in [0.15, 0.2) is 6.10 Å². The molecule has 0 aliphatic heterocycles. The van der Waals surface area contributed by atoms with Crippen molar-refractivity contribution >= 4 is 39.2 Å². The Morgan fingerprint density at radius 3 is 2.70 bits per heavy atom. The largest absolute Gasteiger partial charge is 0.452 e.